The fourth-order valence-corrected chi connectivity index (χ4v) is 5.08. The van der Waals surface area contributed by atoms with Gasteiger partial charge in [0.1, 0.15) is 11.9 Å². The summed E-state index contributed by atoms with van der Waals surface area (Å²) < 4.78 is 0. The van der Waals surface area contributed by atoms with Gasteiger partial charge in [-0.25, -0.2) is 4.98 Å². The molecule has 0 N–H and O–H groups in total. The minimum atomic E-state index is -0.00913. The molecule has 1 aliphatic carbocycles. The highest BCUT2D eigenvalue weighted by molar-refractivity contribution is 5.85. The number of pyridine rings is 1. The summed E-state index contributed by atoms with van der Waals surface area (Å²) in [5.41, 5.74) is 1.96. The van der Waals surface area contributed by atoms with E-state index in [0.29, 0.717) is 17.5 Å². The van der Waals surface area contributed by atoms with Crippen LogP contribution in [0, 0.1) is 16.7 Å². The Balaban J connectivity index is 1.35. The van der Waals surface area contributed by atoms with Gasteiger partial charge in [-0.3, -0.25) is 4.79 Å². The maximum atomic E-state index is 13.3. The van der Waals surface area contributed by atoms with Gasteiger partial charge in [0.2, 0.25) is 5.91 Å². The van der Waals surface area contributed by atoms with Crippen molar-refractivity contribution in [2.75, 3.05) is 24.5 Å². The molecule has 2 saturated heterocycles. The number of amides is 1. The molecule has 1 saturated carbocycles. The number of carbonyl (C=O) groups is 1. The lowest BCUT2D eigenvalue weighted by atomic mass is 9.67. The Morgan fingerprint density at radius 3 is 2.45 bits per heavy atom. The molecule has 0 radical (unpaired) electrons. The zero-order valence-electron chi connectivity index (χ0n) is 16.6. The molecule has 29 heavy (non-hydrogen) atoms. The monoisotopic (exact) mass is 386 g/mol. The van der Waals surface area contributed by atoms with Crippen molar-refractivity contribution >= 4 is 11.7 Å². The average Bonchev–Trinajstić information content (AvgIpc) is 3.62. The Kier molecular flexibility index (Phi) is 4.50. The first-order chi connectivity index (χ1) is 14.2. The summed E-state index contributed by atoms with van der Waals surface area (Å²) in [4.78, 5) is 22.3. The standard InChI is InChI=1S/C24H26N4O/c25-15-18-6-9-22(26-16-18)27-12-10-24(11-13-27)14-21(19-4-2-1-3-5-19)23(29)28(17-24)20-7-8-20/h1-6,9,16,20-21H,7-8,10-14,17H2. The number of nitrogens with zero attached hydrogens (tertiary/aromatic N) is 4. The average molecular weight is 386 g/mol. The van der Waals surface area contributed by atoms with Gasteiger partial charge in [0.05, 0.1) is 11.5 Å². The van der Waals surface area contributed by atoms with Crippen LogP contribution in [-0.2, 0) is 4.79 Å². The first-order valence-electron chi connectivity index (χ1n) is 10.6. The van der Waals surface area contributed by atoms with E-state index in [-0.39, 0.29) is 11.3 Å². The number of hydrogen-bond acceptors (Lipinski definition) is 4. The SMILES string of the molecule is N#Cc1ccc(N2CCC3(CC2)CC(c2ccccc2)C(=O)N(C2CC2)C3)nc1. The number of hydrogen-bond donors (Lipinski definition) is 0. The van der Waals surface area contributed by atoms with Gasteiger partial charge in [0, 0.05) is 31.9 Å². The van der Waals surface area contributed by atoms with Gasteiger partial charge < -0.3 is 9.80 Å². The van der Waals surface area contributed by atoms with Crippen LogP contribution in [0.15, 0.2) is 48.7 Å². The molecular weight excluding hydrogens is 360 g/mol. The number of rotatable bonds is 3. The molecule has 5 rings (SSSR count). The van der Waals surface area contributed by atoms with E-state index in [1.165, 1.54) is 5.56 Å². The Hall–Kier alpha value is -2.87. The van der Waals surface area contributed by atoms with Gasteiger partial charge in [0.15, 0.2) is 0 Å². The lowest BCUT2D eigenvalue weighted by Gasteiger charge is -2.50. The van der Waals surface area contributed by atoms with Gasteiger partial charge in [-0.05, 0) is 55.2 Å². The van der Waals surface area contributed by atoms with E-state index in [2.05, 4.69) is 33.0 Å². The number of anilines is 1. The molecule has 1 unspecified atom stereocenters. The van der Waals surface area contributed by atoms with Gasteiger partial charge in [0.25, 0.3) is 0 Å². The predicted octanol–water partition coefficient (Wildman–Crippen LogP) is 3.72. The molecule has 1 aromatic heterocycles. The van der Waals surface area contributed by atoms with Crippen molar-refractivity contribution in [2.24, 2.45) is 5.41 Å². The highest BCUT2D eigenvalue weighted by Crippen LogP contribution is 2.48. The zero-order valence-corrected chi connectivity index (χ0v) is 16.6. The maximum absolute atomic E-state index is 13.3. The third kappa shape index (κ3) is 3.48. The van der Waals surface area contributed by atoms with Gasteiger partial charge in [-0.15, -0.1) is 0 Å². The van der Waals surface area contributed by atoms with E-state index in [9.17, 15) is 4.79 Å². The number of likely N-dealkylation sites (tertiary alicyclic amines) is 1. The van der Waals surface area contributed by atoms with Crippen LogP contribution >= 0.6 is 0 Å². The second kappa shape index (κ2) is 7.18. The molecule has 3 heterocycles. The largest absolute Gasteiger partial charge is 0.357 e. The van der Waals surface area contributed by atoms with Crippen LogP contribution in [0.5, 0.6) is 0 Å². The number of carbonyl (C=O) groups excluding carboxylic acids is 1. The Bertz CT molecular complexity index is 922. The molecule has 1 spiro atoms. The van der Waals surface area contributed by atoms with Gasteiger partial charge >= 0.3 is 0 Å². The summed E-state index contributed by atoms with van der Waals surface area (Å²) in [5.74, 6) is 1.27. The molecular formula is C24H26N4O. The molecule has 2 aromatic rings. The second-order valence-corrected chi connectivity index (χ2v) is 8.87. The smallest absolute Gasteiger partial charge is 0.230 e. The summed E-state index contributed by atoms with van der Waals surface area (Å²) in [5, 5.41) is 8.98. The Labute approximate surface area is 172 Å². The van der Waals surface area contributed by atoms with Crippen molar-refractivity contribution in [3.8, 4) is 6.07 Å². The third-order valence-electron chi connectivity index (χ3n) is 6.94. The van der Waals surface area contributed by atoms with E-state index in [1.807, 2.05) is 30.3 Å². The van der Waals surface area contributed by atoms with Crippen LogP contribution in [0.1, 0.15) is 49.1 Å². The van der Waals surface area contributed by atoms with Gasteiger partial charge in [-0.2, -0.15) is 5.26 Å². The number of benzene rings is 1. The van der Waals surface area contributed by atoms with Crippen LogP contribution in [0.2, 0.25) is 0 Å². The summed E-state index contributed by atoms with van der Waals surface area (Å²) in [7, 11) is 0. The quantitative estimate of drug-likeness (QED) is 0.807. The number of piperidine rings is 2. The van der Waals surface area contributed by atoms with E-state index in [4.69, 9.17) is 5.26 Å². The minimum Gasteiger partial charge on any atom is -0.357 e. The molecule has 1 amide bonds. The summed E-state index contributed by atoms with van der Waals surface area (Å²) in [6.07, 6.45) is 7.07. The van der Waals surface area contributed by atoms with Crippen molar-refractivity contribution in [1.82, 2.24) is 9.88 Å². The van der Waals surface area contributed by atoms with Crippen LogP contribution < -0.4 is 4.90 Å². The van der Waals surface area contributed by atoms with Crippen LogP contribution in [0.4, 0.5) is 5.82 Å². The summed E-state index contributed by atoms with van der Waals surface area (Å²) >= 11 is 0. The lowest BCUT2D eigenvalue weighted by Crippen LogP contribution is -2.54. The molecule has 0 bridgehead atoms. The van der Waals surface area contributed by atoms with E-state index in [1.54, 1.807) is 6.20 Å². The van der Waals surface area contributed by atoms with Crippen molar-refractivity contribution in [3.05, 3.63) is 59.8 Å². The maximum Gasteiger partial charge on any atom is 0.230 e. The van der Waals surface area contributed by atoms with Gasteiger partial charge in [-0.1, -0.05) is 30.3 Å². The molecule has 1 aromatic carbocycles. The fourth-order valence-electron chi connectivity index (χ4n) is 5.08. The number of aromatic nitrogens is 1. The van der Waals surface area contributed by atoms with Crippen molar-refractivity contribution < 1.29 is 4.79 Å². The zero-order chi connectivity index (χ0) is 19.8. The molecule has 3 aliphatic rings. The first-order valence-corrected chi connectivity index (χ1v) is 10.6. The van der Waals surface area contributed by atoms with E-state index < -0.39 is 0 Å². The van der Waals surface area contributed by atoms with Crippen LogP contribution in [-0.4, -0.2) is 41.5 Å². The lowest BCUT2D eigenvalue weighted by molar-refractivity contribution is -0.141. The normalized spacial score (nSPS) is 23.8. The van der Waals surface area contributed by atoms with Crippen LogP contribution in [0.3, 0.4) is 0 Å². The van der Waals surface area contributed by atoms with E-state index in [0.717, 1.165) is 57.6 Å². The Morgan fingerprint density at radius 2 is 1.83 bits per heavy atom. The van der Waals surface area contributed by atoms with Crippen molar-refractivity contribution in [2.45, 2.75) is 44.1 Å². The summed E-state index contributed by atoms with van der Waals surface area (Å²) in [6.45, 7) is 2.81. The number of nitriles is 1. The Morgan fingerprint density at radius 1 is 1.07 bits per heavy atom. The molecule has 148 valence electrons. The second-order valence-electron chi connectivity index (χ2n) is 8.87. The molecule has 2 aliphatic heterocycles. The molecule has 1 atom stereocenters. The molecule has 5 heteroatoms. The van der Waals surface area contributed by atoms with E-state index >= 15 is 0 Å². The highest BCUT2D eigenvalue weighted by Gasteiger charge is 2.49. The summed E-state index contributed by atoms with van der Waals surface area (Å²) in [6, 6.07) is 16.7. The fraction of sp³-hybridized carbons (Fsp3) is 0.458. The topological polar surface area (TPSA) is 60.2 Å². The van der Waals surface area contributed by atoms with Crippen molar-refractivity contribution in [3.63, 3.8) is 0 Å². The van der Waals surface area contributed by atoms with Crippen molar-refractivity contribution in [1.29, 1.82) is 5.26 Å². The third-order valence-corrected chi connectivity index (χ3v) is 6.94. The van der Waals surface area contributed by atoms with Crippen LogP contribution in [0.25, 0.3) is 0 Å². The minimum absolute atomic E-state index is 0.00913. The first kappa shape index (κ1) is 18.2. The molecule has 5 nitrogen and oxygen atoms in total. The highest BCUT2D eigenvalue weighted by atomic mass is 16.2. The molecule has 3 fully saturated rings. The predicted molar refractivity (Wildman–Crippen MR) is 111 cm³/mol.